The fourth-order valence-corrected chi connectivity index (χ4v) is 5.64. The van der Waals surface area contributed by atoms with Gasteiger partial charge in [-0.05, 0) is 56.2 Å². The van der Waals surface area contributed by atoms with Crippen molar-refractivity contribution in [3.8, 4) is 5.75 Å². The Kier molecular flexibility index (Phi) is 8.28. The highest BCUT2D eigenvalue weighted by Gasteiger charge is 2.33. The average molecular weight is 508 g/mol. The first-order chi connectivity index (χ1) is 17.4. The lowest BCUT2D eigenvalue weighted by Crippen LogP contribution is -2.50. The van der Waals surface area contributed by atoms with Crippen molar-refractivity contribution in [3.05, 3.63) is 81.7 Å². The number of piperazine rings is 1. The van der Waals surface area contributed by atoms with Gasteiger partial charge in [-0.1, -0.05) is 30.3 Å². The summed E-state index contributed by atoms with van der Waals surface area (Å²) < 4.78 is 10.6. The second-order valence-electron chi connectivity index (χ2n) is 8.74. The molecule has 3 aromatic rings. The average Bonchev–Trinajstić information content (AvgIpc) is 3.18. The van der Waals surface area contributed by atoms with E-state index in [4.69, 9.17) is 9.47 Å². The number of ether oxygens (including phenoxy) is 2. The predicted molar refractivity (Wildman–Crippen MR) is 143 cm³/mol. The SMILES string of the molecule is CCOC(=O)N1CCN([C@@H](c2ccc(OC)cc2)c2c(NC(=O)c3ccccc3)sc(C)c2C)CC1. The Hall–Kier alpha value is -3.36. The Morgan fingerprint density at radius 2 is 1.67 bits per heavy atom. The summed E-state index contributed by atoms with van der Waals surface area (Å²) >= 11 is 1.60. The molecular formula is C28H33N3O4S. The van der Waals surface area contributed by atoms with Crippen LogP contribution in [0.5, 0.6) is 5.75 Å². The number of hydrogen-bond acceptors (Lipinski definition) is 6. The van der Waals surface area contributed by atoms with E-state index in [-0.39, 0.29) is 18.0 Å². The topological polar surface area (TPSA) is 71.1 Å². The molecule has 1 aromatic heterocycles. The van der Waals surface area contributed by atoms with Crippen molar-refractivity contribution in [2.75, 3.05) is 45.2 Å². The highest BCUT2D eigenvalue weighted by molar-refractivity contribution is 7.16. The highest BCUT2D eigenvalue weighted by Crippen LogP contribution is 2.43. The lowest BCUT2D eigenvalue weighted by atomic mass is 9.94. The van der Waals surface area contributed by atoms with E-state index in [0.717, 1.165) is 32.3 Å². The molecule has 2 heterocycles. The molecular weight excluding hydrogens is 474 g/mol. The Labute approximate surface area is 216 Å². The summed E-state index contributed by atoms with van der Waals surface area (Å²) in [5.41, 5.74) is 3.99. The number of amides is 2. The van der Waals surface area contributed by atoms with Crippen molar-refractivity contribution in [3.63, 3.8) is 0 Å². The van der Waals surface area contributed by atoms with Gasteiger partial charge in [0.25, 0.3) is 5.91 Å². The summed E-state index contributed by atoms with van der Waals surface area (Å²) in [5, 5.41) is 4.04. The van der Waals surface area contributed by atoms with E-state index in [1.807, 2.05) is 49.4 Å². The first-order valence-electron chi connectivity index (χ1n) is 12.2. The van der Waals surface area contributed by atoms with Crippen LogP contribution in [0.2, 0.25) is 0 Å². The molecule has 0 bridgehead atoms. The van der Waals surface area contributed by atoms with E-state index in [1.54, 1.807) is 23.3 Å². The number of benzene rings is 2. The third-order valence-corrected chi connectivity index (χ3v) is 7.74. The molecule has 0 radical (unpaired) electrons. The molecule has 1 atom stereocenters. The molecule has 0 saturated carbocycles. The second-order valence-corrected chi connectivity index (χ2v) is 9.97. The van der Waals surface area contributed by atoms with Gasteiger partial charge in [0.1, 0.15) is 10.8 Å². The Morgan fingerprint density at radius 1 is 1.00 bits per heavy atom. The Bertz CT molecular complexity index is 1190. The molecule has 0 unspecified atom stereocenters. The Balaban J connectivity index is 1.69. The molecule has 190 valence electrons. The van der Waals surface area contributed by atoms with Crippen LogP contribution in [-0.4, -0.2) is 61.7 Å². The summed E-state index contributed by atoms with van der Waals surface area (Å²) in [6, 6.07) is 17.3. The molecule has 1 aliphatic heterocycles. The van der Waals surface area contributed by atoms with Crippen LogP contribution in [0.25, 0.3) is 0 Å². The summed E-state index contributed by atoms with van der Waals surface area (Å²) in [5.74, 6) is 0.666. The number of thiophene rings is 1. The second kappa shape index (κ2) is 11.6. The fourth-order valence-electron chi connectivity index (χ4n) is 4.56. The smallest absolute Gasteiger partial charge is 0.409 e. The number of methoxy groups -OCH3 is 1. The number of hydrogen-bond donors (Lipinski definition) is 1. The third-order valence-electron chi connectivity index (χ3n) is 6.61. The van der Waals surface area contributed by atoms with E-state index in [1.165, 1.54) is 0 Å². The molecule has 1 aliphatic rings. The van der Waals surface area contributed by atoms with Gasteiger partial charge in [-0.2, -0.15) is 0 Å². The lowest BCUT2D eigenvalue weighted by molar-refractivity contribution is 0.0715. The molecule has 7 nitrogen and oxygen atoms in total. The molecule has 0 spiro atoms. The highest BCUT2D eigenvalue weighted by atomic mass is 32.1. The van der Waals surface area contributed by atoms with Gasteiger partial charge in [0.2, 0.25) is 0 Å². The monoisotopic (exact) mass is 507 g/mol. The number of rotatable bonds is 7. The van der Waals surface area contributed by atoms with E-state index in [2.05, 4.69) is 36.2 Å². The van der Waals surface area contributed by atoms with E-state index in [0.29, 0.717) is 38.3 Å². The Morgan fingerprint density at radius 3 is 2.28 bits per heavy atom. The molecule has 1 fully saturated rings. The molecule has 4 rings (SSSR count). The van der Waals surface area contributed by atoms with Crippen molar-refractivity contribution in [1.82, 2.24) is 9.80 Å². The van der Waals surface area contributed by atoms with Crippen LogP contribution in [0, 0.1) is 13.8 Å². The van der Waals surface area contributed by atoms with Crippen molar-refractivity contribution in [2.45, 2.75) is 26.8 Å². The quantitative estimate of drug-likeness (QED) is 0.458. The summed E-state index contributed by atoms with van der Waals surface area (Å²) in [7, 11) is 1.66. The molecule has 8 heteroatoms. The van der Waals surface area contributed by atoms with Crippen LogP contribution in [0.1, 0.15) is 44.9 Å². The number of carbonyl (C=O) groups excluding carboxylic acids is 2. The van der Waals surface area contributed by atoms with Gasteiger partial charge < -0.3 is 19.7 Å². The van der Waals surface area contributed by atoms with Crippen LogP contribution in [-0.2, 0) is 4.74 Å². The van der Waals surface area contributed by atoms with Crippen LogP contribution in [0.15, 0.2) is 54.6 Å². The maximum absolute atomic E-state index is 13.1. The zero-order valence-corrected chi connectivity index (χ0v) is 22.1. The van der Waals surface area contributed by atoms with Gasteiger partial charge in [0.15, 0.2) is 0 Å². The zero-order chi connectivity index (χ0) is 25.7. The maximum Gasteiger partial charge on any atom is 0.409 e. The van der Waals surface area contributed by atoms with Gasteiger partial charge in [0, 0.05) is 42.2 Å². The molecule has 1 N–H and O–H groups in total. The summed E-state index contributed by atoms with van der Waals surface area (Å²) in [4.78, 5) is 30.7. The van der Waals surface area contributed by atoms with Gasteiger partial charge >= 0.3 is 6.09 Å². The molecule has 1 saturated heterocycles. The number of nitrogens with zero attached hydrogens (tertiary/aromatic N) is 2. The number of aryl methyl sites for hydroxylation is 1. The normalized spacial score (nSPS) is 14.8. The van der Waals surface area contributed by atoms with Crippen LogP contribution in [0.4, 0.5) is 9.80 Å². The summed E-state index contributed by atoms with van der Waals surface area (Å²) in [6.07, 6.45) is -0.267. The van der Waals surface area contributed by atoms with Crippen molar-refractivity contribution in [2.24, 2.45) is 0 Å². The van der Waals surface area contributed by atoms with Crippen molar-refractivity contribution in [1.29, 1.82) is 0 Å². The van der Waals surface area contributed by atoms with Crippen molar-refractivity contribution >= 4 is 28.3 Å². The van der Waals surface area contributed by atoms with Gasteiger partial charge in [0.05, 0.1) is 19.8 Å². The minimum Gasteiger partial charge on any atom is -0.497 e. The number of carbonyl (C=O) groups is 2. The number of anilines is 1. The van der Waals surface area contributed by atoms with Crippen molar-refractivity contribution < 1.29 is 19.1 Å². The predicted octanol–water partition coefficient (Wildman–Crippen LogP) is 5.49. The fraction of sp³-hybridized carbons (Fsp3) is 0.357. The van der Waals surface area contributed by atoms with Crippen LogP contribution < -0.4 is 10.1 Å². The standard InChI is InChI=1S/C28H33N3O4S/c1-5-35-28(33)31-17-15-30(16-18-31)25(21-11-13-23(34-4)14-12-21)24-19(2)20(3)36-27(24)29-26(32)22-9-7-6-8-10-22/h6-14,25H,5,15-18H2,1-4H3,(H,29,32)/t25-/m0/s1. The lowest BCUT2D eigenvalue weighted by Gasteiger charge is -2.39. The van der Waals surface area contributed by atoms with Crippen LogP contribution >= 0.6 is 11.3 Å². The summed E-state index contributed by atoms with van der Waals surface area (Å²) in [6.45, 7) is 8.94. The molecule has 36 heavy (non-hydrogen) atoms. The van der Waals surface area contributed by atoms with E-state index >= 15 is 0 Å². The van der Waals surface area contributed by atoms with Gasteiger partial charge in [-0.25, -0.2) is 4.79 Å². The maximum atomic E-state index is 13.1. The molecule has 2 aromatic carbocycles. The van der Waals surface area contributed by atoms with E-state index in [9.17, 15) is 9.59 Å². The first kappa shape index (κ1) is 25.7. The number of nitrogens with one attached hydrogen (secondary N) is 1. The van der Waals surface area contributed by atoms with Crippen LogP contribution in [0.3, 0.4) is 0 Å². The third kappa shape index (κ3) is 5.55. The van der Waals surface area contributed by atoms with E-state index < -0.39 is 0 Å². The minimum atomic E-state index is -0.267. The molecule has 2 amide bonds. The minimum absolute atomic E-state index is 0.0868. The van der Waals surface area contributed by atoms with Gasteiger partial charge in [-0.15, -0.1) is 11.3 Å². The zero-order valence-electron chi connectivity index (χ0n) is 21.2. The molecule has 0 aliphatic carbocycles. The van der Waals surface area contributed by atoms with Gasteiger partial charge in [-0.3, -0.25) is 9.69 Å². The first-order valence-corrected chi connectivity index (χ1v) is 13.0. The largest absolute Gasteiger partial charge is 0.497 e.